The van der Waals surface area contributed by atoms with Gasteiger partial charge in [0.1, 0.15) is 0 Å². The lowest BCUT2D eigenvalue weighted by Gasteiger charge is -2.18. The van der Waals surface area contributed by atoms with Crippen molar-refractivity contribution in [2.45, 2.75) is 13.8 Å². The van der Waals surface area contributed by atoms with Crippen molar-refractivity contribution >= 4 is 0 Å². The summed E-state index contributed by atoms with van der Waals surface area (Å²) in [6.07, 6.45) is 0. The van der Waals surface area contributed by atoms with Crippen LogP contribution in [0.15, 0.2) is 84.9 Å². The molecule has 0 amide bonds. The summed E-state index contributed by atoms with van der Waals surface area (Å²) in [5.41, 5.74) is 9.35. The molecule has 0 fully saturated rings. The quantitative estimate of drug-likeness (QED) is 0.380. The molecular formula is C28H20N2. The van der Waals surface area contributed by atoms with E-state index in [9.17, 15) is 10.5 Å². The average Bonchev–Trinajstić information content (AvgIpc) is 2.79. The number of aryl methyl sites for hydroxylation is 2. The van der Waals surface area contributed by atoms with E-state index in [1.165, 1.54) is 11.1 Å². The van der Waals surface area contributed by atoms with Gasteiger partial charge in [-0.15, -0.1) is 0 Å². The molecule has 2 nitrogen and oxygen atoms in total. The van der Waals surface area contributed by atoms with Crippen molar-refractivity contribution in [2.24, 2.45) is 0 Å². The minimum atomic E-state index is 0.507. The standard InChI is InChI=1S/C28H20N2/c1-19-14-15-26(28-21(17-29)9-7-10-22(28)18-30)27(16-19)25-13-6-5-12-24(25)23-11-4-3-8-20(23)2/h3-16H,1-2H3. The van der Waals surface area contributed by atoms with Crippen molar-refractivity contribution in [1.29, 1.82) is 10.5 Å². The third-order valence-corrected chi connectivity index (χ3v) is 5.40. The molecule has 0 N–H and O–H groups in total. The number of rotatable bonds is 3. The van der Waals surface area contributed by atoms with E-state index in [1.54, 1.807) is 18.2 Å². The fraction of sp³-hybridized carbons (Fsp3) is 0.0714. The highest BCUT2D eigenvalue weighted by atomic mass is 14.3. The van der Waals surface area contributed by atoms with Gasteiger partial charge in [0.05, 0.1) is 23.3 Å². The molecule has 0 aliphatic rings. The summed E-state index contributed by atoms with van der Waals surface area (Å²) in [6.45, 7) is 4.17. The van der Waals surface area contributed by atoms with Gasteiger partial charge in [0.2, 0.25) is 0 Å². The van der Waals surface area contributed by atoms with Gasteiger partial charge in [-0.05, 0) is 59.4 Å². The van der Waals surface area contributed by atoms with Gasteiger partial charge in [0.15, 0.2) is 0 Å². The van der Waals surface area contributed by atoms with E-state index in [0.717, 1.165) is 27.8 Å². The minimum Gasteiger partial charge on any atom is -0.192 e. The highest BCUT2D eigenvalue weighted by Gasteiger charge is 2.18. The van der Waals surface area contributed by atoms with Gasteiger partial charge in [0, 0.05) is 5.56 Å². The number of benzene rings is 4. The van der Waals surface area contributed by atoms with Gasteiger partial charge >= 0.3 is 0 Å². The fourth-order valence-electron chi connectivity index (χ4n) is 3.96. The summed E-state index contributed by atoms with van der Waals surface area (Å²) >= 11 is 0. The van der Waals surface area contributed by atoms with E-state index < -0.39 is 0 Å². The van der Waals surface area contributed by atoms with Gasteiger partial charge in [0.25, 0.3) is 0 Å². The third kappa shape index (κ3) is 3.37. The molecule has 4 aromatic carbocycles. The molecular weight excluding hydrogens is 364 g/mol. The largest absolute Gasteiger partial charge is 0.192 e. The Morgan fingerprint density at radius 1 is 0.533 bits per heavy atom. The monoisotopic (exact) mass is 384 g/mol. The van der Waals surface area contributed by atoms with Crippen molar-refractivity contribution in [3.05, 3.63) is 107 Å². The second-order valence-corrected chi connectivity index (χ2v) is 7.36. The predicted molar refractivity (Wildman–Crippen MR) is 122 cm³/mol. The van der Waals surface area contributed by atoms with E-state index in [2.05, 4.69) is 62.4 Å². The van der Waals surface area contributed by atoms with Crippen LogP contribution in [0.1, 0.15) is 22.3 Å². The van der Waals surface area contributed by atoms with Crippen LogP contribution in [0.5, 0.6) is 0 Å². The zero-order chi connectivity index (χ0) is 21.1. The zero-order valence-electron chi connectivity index (χ0n) is 17.0. The van der Waals surface area contributed by atoms with Gasteiger partial charge in [-0.25, -0.2) is 0 Å². The van der Waals surface area contributed by atoms with Crippen LogP contribution < -0.4 is 0 Å². The number of nitrogens with zero attached hydrogens (tertiary/aromatic N) is 2. The molecule has 142 valence electrons. The lowest BCUT2D eigenvalue weighted by atomic mass is 9.85. The Hall–Kier alpha value is -4.14. The first-order valence-electron chi connectivity index (χ1n) is 9.83. The Morgan fingerprint density at radius 2 is 1.10 bits per heavy atom. The lowest BCUT2D eigenvalue weighted by Crippen LogP contribution is -1.95. The van der Waals surface area contributed by atoms with Crippen molar-refractivity contribution in [3.8, 4) is 45.5 Å². The molecule has 0 atom stereocenters. The molecule has 0 radical (unpaired) electrons. The van der Waals surface area contributed by atoms with Crippen LogP contribution in [0.4, 0.5) is 0 Å². The van der Waals surface area contributed by atoms with Crippen LogP contribution in [0.3, 0.4) is 0 Å². The molecule has 0 heterocycles. The minimum absolute atomic E-state index is 0.507. The van der Waals surface area contributed by atoms with Crippen molar-refractivity contribution in [1.82, 2.24) is 0 Å². The summed E-state index contributed by atoms with van der Waals surface area (Å²) in [5, 5.41) is 19.5. The molecule has 4 rings (SSSR count). The van der Waals surface area contributed by atoms with E-state index in [1.807, 2.05) is 30.3 Å². The Morgan fingerprint density at radius 3 is 1.70 bits per heavy atom. The maximum atomic E-state index is 9.73. The van der Waals surface area contributed by atoms with E-state index in [-0.39, 0.29) is 0 Å². The Balaban J connectivity index is 2.07. The van der Waals surface area contributed by atoms with Crippen molar-refractivity contribution < 1.29 is 0 Å². The van der Waals surface area contributed by atoms with Crippen LogP contribution in [0, 0.1) is 36.5 Å². The summed E-state index contributed by atoms with van der Waals surface area (Å²) < 4.78 is 0. The molecule has 0 aromatic heterocycles. The van der Waals surface area contributed by atoms with Crippen LogP contribution >= 0.6 is 0 Å². The van der Waals surface area contributed by atoms with Crippen LogP contribution in [0.25, 0.3) is 33.4 Å². The molecule has 0 saturated carbocycles. The summed E-state index contributed by atoms with van der Waals surface area (Å²) in [7, 11) is 0. The van der Waals surface area contributed by atoms with Crippen molar-refractivity contribution in [2.75, 3.05) is 0 Å². The molecule has 0 saturated heterocycles. The van der Waals surface area contributed by atoms with Crippen LogP contribution in [-0.2, 0) is 0 Å². The normalized spacial score (nSPS) is 10.3. The second kappa shape index (κ2) is 8.08. The van der Waals surface area contributed by atoms with Crippen molar-refractivity contribution in [3.63, 3.8) is 0 Å². The van der Waals surface area contributed by atoms with E-state index >= 15 is 0 Å². The molecule has 0 aliphatic carbocycles. The Bertz CT molecular complexity index is 1300. The second-order valence-electron chi connectivity index (χ2n) is 7.36. The SMILES string of the molecule is Cc1ccc(-c2c(C#N)cccc2C#N)c(-c2ccccc2-c2ccccc2C)c1. The summed E-state index contributed by atoms with van der Waals surface area (Å²) in [6, 6.07) is 32.7. The van der Waals surface area contributed by atoms with Crippen LogP contribution in [-0.4, -0.2) is 0 Å². The molecule has 0 spiro atoms. The molecule has 0 unspecified atom stereocenters. The highest BCUT2D eigenvalue weighted by molar-refractivity contribution is 5.94. The maximum absolute atomic E-state index is 9.73. The lowest BCUT2D eigenvalue weighted by molar-refractivity contribution is 1.42. The van der Waals surface area contributed by atoms with Gasteiger partial charge in [-0.2, -0.15) is 10.5 Å². The van der Waals surface area contributed by atoms with E-state index in [0.29, 0.717) is 16.7 Å². The number of hydrogen-bond donors (Lipinski definition) is 0. The Kier molecular flexibility index (Phi) is 5.17. The van der Waals surface area contributed by atoms with Gasteiger partial charge < -0.3 is 0 Å². The molecule has 0 aliphatic heterocycles. The summed E-state index contributed by atoms with van der Waals surface area (Å²) in [4.78, 5) is 0. The average molecular weight is 384 g/mol. The fourth-order valence-corrected chi connectivity index (χ4v) is 3.96. The topological polar surface area (TPSA) is 47.6 Å². The third-order valence-electron chi connectivity index (χ3n) is 5.40. The van der Waals surface area contributed by atoms with Gasteiger partial charge in [-0.1, -0.05) is 78.4 Å². The smallest absolute Gasteiger partial charge is 0.0998 e. The van der Waals surface area contributed by atoms with Crippen LogP contribution in [0.2, 0.25) is 0 Å². The number of hydrogen-bond acceptors (Lipinski definition) is 2. The Labute approximate surface area is 177 Å². The van der Waals surface area contributed by atoms with Gasteiger partial charge in [-0.3, -0.25) is 0 Å². The highest BCUT2D eigenvalue weighted by Crippen LogP contribution is 2.41. The maximum Gasteiger partial charge on any atom is 0.0998 e. The first-order chi connectivity index (χ1) is 14.6. The zero-order valence-corrected chi connectivity index (χ0v) is 17.0. The number of nitriles is 2. The first kappa shape index (κ1) is 19.2. The molecule has 0 bridgehead atoms. The summed E-state index contributed by atoms with van der Waals surface area (Å²) in [5.74, 6) is 0. The molecule has 30 heavy (non-hydrogen) atoms. The molecule has 4 aromatic rings. The van der Waals surface area contributed by atoms with E-state index in [4.69, 9.17) is 0 Å². The molecule has 2 heteroatoms. The first-order valence-corrected chi connectivity index (χ1v) is 9.83. The predicted octanol–water partition coefficient (Wildman–Crippen LogP) is 7.05.